The Morgan fingerprint density at radius 2 is 2.00 bits per heavy atom. The number of nitrogens with one attached hydrogen (secondary N) is 1. The van der Waals surface area contributed by atoms with Gasteiger partial charge in [-0.1, -0.05) is 12.8 Å². The van der Waals surface area contributed by atoms with Crippen molar-refractivity contribution < 1.29 is 4.79 Å². The monoisotopic (exact) mass is 212 g/mol. The van der Waals surface area contributed by atoms with E-state index in [1.54, 1.807) is 4.90 Å². The lowest BCUT2D eigenvalue weighted by Crippen LogP contribution is -2.35. The SMILES string of the molecule is CC(NCCC(=O)N(C)C)C1CCCC1. The van der Waals surface area contributed by atoms with Gasteiger partial charge in [-0.3, -0.25) is 4.79 Å². The van der Waals surface area contributed by atoms with Crippen LogP contribution >= 0.6 is 0 Å². The summed E-state index contributed by atoms with van der Waals surface area (Å²) in [5.74, 6) is 1.04. The van der Waals surface area contributed by atoms with E-state index in [4.69, 9.17) is 0 Å². The molecule has 1 N–H and O–H groups in total. The Kier molecular flexibility index (Phi) is 5.09. The third-order valence-electron chi connectivity index (χ3n) is 3.41. The van der Waals surface area contributed by atoms with Crippen molar-refractivity contribution in [2.75, 3.05) is 20.6 Å². The highest BCUT2D eigenvalue weighted by atomic mass is 16.2. The molecule has 0 radical (unpaired) electrons. The Hall–Kier alpha value is -0.570. The second kappa shape index (κ2) is 6.11. The summed E-state index contributed by atoms with van der Waals surface area (Å²) in [6.45, 7) is 3.06. The summed E-state index contributed by atoms with van der Waals surface area (Å²) in [6.07, 6.45) is 6.09. The van der Waals surface area contributed by atoms with Crippen molar-refractivity contribution in [2.45, 2.75) is 45.1 Å². The molecule has 1 saturated carbocycles. The lowest BCUT2D eigenvalue weighted by Gasteiger charge is -2.20. The summed E-state index contributed by atoms with van der Waals surface area (Å²) in [4.78, 5) is 13.0. The summed E-state index contributed by atoms with van der Waals surface area (Å²) in [5, 5.41) is 3.46. The van der Waals surface area contributed by atoms with E-state index in [0.717, 1.165) is 12.5 Å². The van der Waals surface area contributed by atoms with Gasteiger partial charge in [-0.05, 0) is 25.7 Å². The number of amides is 1. The van der Waals surface area contributed by atoms with E-state index < -0.39 is 0 Å². The van der Waals surface area contributed by atoms with Gasteiger partial charge >= 0.3 is 0 Å². The Morgan fingerprint density at radius 1 is 1.40 bits per heavy atom. The molecule has 0 bridgehead atoms. The standard InChI is InChI=1S/C12H24N2O/c1-10(11-6-4-5-7-11)13-9-8-12(15)14(2)3/h10-11,13H,4-9H2,1-3H3. The van der Waals surface area contributed by atoms with Gasteiger partial charge in [0, 0.05) is 33.1 Å². The molecule has 0 aromatic carbocycles. The largest absolute Gasteiger partial charge is 0.349 e. The molecule has 1 atom stereocenters. The van der Waals surface area contributed by atoms with E-state index in [-0.39, 0.29) is 5.91 Å². The maximum atomic E-state index is 11.3. The van der Waals surface area contributed by atoms with Crippen molar-refractivity contribution in [1.82, 2.24) is 10.2 Å². The van der Waals surface area contributed by atoms with E-state index in [0.29, 0.717) is 12.5 Å². The van der Waals surface area contributed by atoms with Gasteiger partial charge in [0.2, 0.25) is 5.91 Å². The van der Waals surface area contributed by atoms with Gasteiger partial charge in [-0.15, -0.1) is 0 Å². The average Bonchev–Trinajstić information content (AvgIpc) is 2.70. The first-order valence-electron chi connectivity index (χ1n) is 6.05. The highest BCUT2D eigenvalue weighted by Crippen LogP contribution is 2.27. The molecule has 0 saturated heterocycles. The van der Waals surface area contributed by atoms with Gasteiger partial charge in [0.05, 0.1) is 0 Å². The zero-order chi connectivity index (χ0) is 11.3. The quantitative estimate of drug-likeness (QED) is 0.751. The fraction of sp³-hybridized carbons (Fsp3) is 0.917. The first-order chi connectivity index (χ1) is 7.11. The maximum absolute atomic E-state index is 11.3. The van der Waals surface area contributed by atoms with Crippen LogP contribution in [0.3, 0.4) is 0 Å². The van der Waals surface area contributed by atoms with Crippen LogP contribution in [0.15, 0.2) is 0 Å². The molecule has 15 heavy (non-hydrogen) atoms. The second-order valence-corrected chi connectivity index (χ2v) is 4.83. The Balaban J connectivity index is 2.11. The van der Waals surface area contributed by atoms with Gasteiger partial charge < -0.3 is 10.2 Å². The lowest BCUT2D eigenvalue weighted by atomic mass is 10.00. The van der Waals surface area contributed by atoms with Gasteiger partial charge in [-0.25, -0.2) is 0 Å². The average molecular weight is 212 g/mol. The summed E-state index contributed by atoms with van der Waals surface area (Å²) >= 11 is 0. The smallest absolute Gasteiger partial charge is 0.223 e. The van der Waals surface area contributed by atoms with Crippen molar-refractivity contribution in [3.63, 3.8) is 0 Å². The first kappa shape index (κ1) is 12.5. The zero-order valence-corrected chi connectivity index (χ0v) is 10.3. The van der Waals surface area contributed by atoms with Crippen LogP contribution in [0.1, 0.15) is 39.0 Å². The molecule has 1 aliphatic rings. The van der Waals surface area contributed by atoms with Crippen molar-refractivity contribution in [3.05, 3.63) is 0 Å². The van der Waals surface area contributed by atoms with Crippen molar-refractivity contribution in [2.24, 2.45) is 5.92 Å². The van der Waals surface area contributed by atoms with Crippen LogP contribution in [0.4, 0.5) is 0 Å². The molecule has 1 unspecified atom stereocenters. The number of hydrogen-bond donors (Lipinski definition) is 1. The first-order valence-corrected chi connectivity index (χ1v) is 6.05. The summed E-state index contributed by atoms with van der Waals surface area (Å²) < 4.78 is 0. The van der Waals surface area contributed by atoms with Crippen LogP contribution in [0.2, 0.25) is 0 Å². The molecule has 1 amide bonds. The Morgan fingerprint density at radius 3 is 2.53 bits per heavy atom. The molecule has 1 rings (SSSR count). The second-order valence-electron chi connectivity index (χ2n) is 4.83. The van der Waals surface area contributed by atoms with Crippen LogP contribution in [-0.4, -0.2) is 37.5 Å². The van der Waals surface area contributed by atoms with E-state index in [1.807, 2.05) is 14.1 Å². The van der Waals surface area contributed by atoms with Crippen LogP contribution in [-0.2, 0) is 4.79 Å². The fourth-order valence-corrected chi connectivity index (χ4v) is 2.25. The van der Waals surface area contributed by atoms with Crippen LogP contribution in [0.25, 0.3) is 0 Å². The molecule has 3 nitrogen and oxygen atoms in total. The van der Waals surface area contributed by atoms with Crippen LogP contribution < -0.4 is 5.32 Å². The van der Waals surface area contributed by atoms with Gasteiger partial charge in [0.15, 0.2) is 0 Å². The molecule has 1 fully saturated rings. The molecular weight excluding hydrogens is 188 g/mol. The summed E-state index contributed by atoms with van der Waals surface area (Å²) in [5.41, 5.74) is 0. The number of nitrogens with zero attached hydrogens (tertiary/aromatic N) is 1. The summed E-state index contributed by atoms with van der Waals surface area (Å²) in [7, 11) is 3.62. The van der Waals surface area contributed by atoms with Gasteiger partial charge in [0.1, 0.15) is 0 Å². The zero-order valence-electron chi connectivity index (χ0n) is 10.3. The molecule has 0 aromatic heterocycles. The Bertz CT molecular complexity index is 198. The number of carbonyl (C=O) groups excluding carboxylic acids is 1. The van der Waals surface area contributed by atoms with Crippen molar-refractivity contribution >= 4 is 5.91 Å². The van der Waals surface area contributed by atoms with Crippen LogP contribution in [0, 0.1) is 5.92 Å². The third kappa shape index (κ3) is 4.20. The molecule has 0 aliphatic heterocycles. The van der Waals surface area contributed by atoms with E-state index in [2.05, 4.69) is 12.2 Å². The van der Waals surface area contributed by atoms with E-state index >= 15 is 0 Å². The number of rotatable bonds is 5. The molecule has 0 spiro atoms. The van der Waals surface area contributed by atoms with E-state index in [9.17, 15) is 4.79 Å². The normalized spacial score (nSPS) is 19.1. The minimum atomic E-state index is 0.209. The topological polar surface area (TPSA) is 32.3 Å². The maximum Gasteiger partial charge on any atom is 0.223 e. The molecule has 0 aromatic rings. The molecular formula is C12H24N2O. The predicted octanol–water partition coefficient (Wildman–Crippen LogP) is 1.63. The number of carbonyl (C=O) groups is 1. The minimum Gasteiger partial charge on any atom is -0.349 e. The Labute approximate surface area is 93.2 Å². The third-order valence-corrected chi connectivity index (χ3v) is 3.41. The molecule has 1 aliphatic carbocycles. The van der Waals surface area contributed by atoms with Crippen LogP contribution in [0.5, 0.6) is 0 Å². The fourth-order valence-electron chi connectivity index (χ4n) is 2.25. The van der Waals surface area contributed by atoms with Crippen molar-refractivity contribution in [3.8, 4) is 0 Å². The lowest BCUT2D eigenvalue weighted by molar-refractivity contribution is -0.128. The highest BCUT2D eigenvalue weighted by molar-refractivity contribution is 5.75. The minimum absolute atomic E-state index is 0.209. The van der Waals surface area contributed by atoms with Gasteiger partial charge in [-0.2, -0.15) is 0 Å². The highest BCUT2D eigenvalue weighted by Gasteiger charge is 2.20. The molecule has 88 valence electrons. The van der Waals surface area contributed by atoms with E-state index in [1.165, 1.54) is 25.7 Å². The predicted molar refractivity (Wildman–Crippen MR) is 62.7 cm³/mol. The molecule has 3 heteroatoms. The molecule has 0 heterocycles. The summed E-state index contributed by atoms with van der Waals surface area (Å²) in [6, 6.07) is 0.572. The number of hydrogen-bond acceptors (Lipinski definition) is 2. The van der Waals surface area contributed by atoms with Gasteiger partial charge in [0.25, 0.3) is 0 Å². The van der Waals surface area contributed by atoms with Crippen molar-refractivity contribution in [1.29, 1.82) is 0 Å².